The highest BCUT2D eigenvalue weighted by molar-refractivity contribution is 5.48. The van der Waals surface area contributed by atoms with Gasteiger partial charge in [-0.1, -0.05) is 32.9 Å². The van der Waals surface area contributed by atoms with E-state index in [1.54, 1.807) is 7.11 Å². The number of para-hydroxylation sites is 1. The molecular formula is C17H24O2. The van der Waals surface area contributed by atoms with Crippen molar-refractivity contribution in [2.75, 3.05) is 7.11 Å². The van der Waals surface area contributed by atoms with Gasteiger partial charge in [-0.3, -0.25) is 0 Å². The van der Waals surface area contributed by atoms with Crippen LogP contribution in [0.1, 0.15) is 45.1 Å². The predicted molar refractivity (Wildman–Crippen MR) is 76.6 cm³/mol. The van der Waals surface area contributed by atoms with Gasteiger partial charge in [0, 0.05) is 5.56 Å². The molecule has 4 unspecified atom stereocenters. The molecule has 2 fully saturated rings. The van der Waals surface area contributed by atoms with Crippen LogP contribution in [0.3, 0.4) is 0 Å². The Bertz CT molecular complexity index is 488. The molecule has 0 aliphatic heterocycles. The summed E-state index contributed by atoms with van der Waals surface area (Å²) in [7, 11) is 1.62. The fourth-order valence-electron chi connectivity index (χ4n) is 4.51. The average Bonchev–Trinajstić information content (AvgIpc) is 2.90. The lowest BCUT2D eigenvalue weighted by atomic mass is 9.65. The summed E-state index contributed by atoms with van der Waals surface area (Å²) < 4.78 is 5.24. The standard InChI is InChI=1S/C17H24O2/c1-10-13-8-11(17(10,2)3)9-14(13)12-6-5-7-15(19-4)16(12)18/h5-7,10-11,13-14,18H,8-9H2,1-4H3. The molecule has 1 N–H and O–H groups in total. The van der Waals surface area contributed by atoms with Crippen molar-refractivity contribution in [2.24, 2.45) is 23.2 Å². The van der Waals surface area contributed by atoms with E-state index < -0.39 is 0 Å². The van der Waals surface area contributed by atoms with Gasteiger partial charge >= 0.3 is 0 Å². The molecule has 2 nitrogen and oxygen atoms in total. The fraction of sp³-hybridized carbons (Fsp3) is 0.647. The van der Waals surface area contributed by atoms with Gasteiger partial charge < -0.3 is 9.84 Å². The third kappa shape index (κ3) is 1.69. The second kappa shape index (κ2) is 4.16. The van der Waals surface area contributed by atoms with Gasteiger partial charge in [0.05, 0.1) is 7.11 Å². The second-order valence-corrected chi connectivity index (χ2v) is 6.95. The van der Waals surface area contributed by atoms with Gasteiger partial charge in [0.1, 0.15) is 0 Å². The highest BCUT2D eigenvalue weighted by Crippen LogP contribution is 2.64. The van der Waals surface area contributed by atoms with E-state index in [9.17, 15) is 5.11 Å². The molecular weight excluding hydrogens is 236 g/mol. The van der Waals surface area contributed by atoms with Gasteiger partial charge in [0.2, 0.25) is 0 Å². The molecule has 1 aromatic carbocycles. The highest BCUT2D eigenvalue weighted by atomic mass is 16.5. The van der Waals surface area contributed by atoms with Crippen molar-refractivity contribution in [3.63, 3.8) is 0 Å². The first-order chi connectivity index (χ1) is 8.96. The number of phenols is 1. The zero-order chi connectivity index (χ0) is 13.8. The summed E-state index contributed by atoms with van der Waals surface area (Å²) in [6.07, 6.45) is 2.53. The van der Waals surface area contributed by atoms with Crippen molar-refractivity contribution < 1.29 is 9.84 Å². The summed E-state index contributed by atoms with van der Waals surface area (Å²) in [5, 5.41) is 10.4. The maximum Gasteiger partial charge on any atom is 0.161 e. The van der Waals surface area contributed by atoms with Crippen LogP contribution in [0.4, 0.5) is 0 Å². The van der Waals surface area contributed by atoms with E-state index in [1.807, 2.05) is 12.1 Å². The van der Waals surface area contributed by atoms with Crippen LogP contribution in [0.15, 0.2) is 18.2 Å². The number of aromatic hydroxyl groups is 1. The summed E-state index contributed by atoms with van der Waals surface area (Å²) in [6.45, 7) is 7.20. The van der Waals surface area contributed by atoms with Gasteiger partial charge in [-0.15, -0.1) is 0 Å². The first-order valence-electron chi connectivity index (χ1n) is 7.32. The maximum absolute atomic E-state index is 10.4. The van der Waals surface area contributed by atoms with Crippen LogP contribution in [0.25, 0.3) is 0 Å². The molecule has 2 heteroatoms. The van der Waals surface area contributed by atoms with Crippen molar-refractivity contribution in [1.82, 2.24) is 0 Å². The Labute approximate surface area is 115 Å². The van der Waals surface area contributed by atoms with Crippen molar-refractivity contribution >= 4 is 0 Å². The van der Waals surface area contributed by atoms with Crippen LogP contribution in [0.5, 0.6) is 11.5 Å². The number of methoxy groups -OCH3 is 1. The number of phenolic OH excluding ortho intramolecular Hbond substituents is 1. The van der Waals surface area contributed by atoms with Gasteiger partial charge in [-0.25, -0.2) is 0 Å². The molecule has 0 aromatic heterocycles. The molecule has 19 heavy (non-hydrogen) atoms. The van der Waals surface area contributed by atoms with Crippen molar-refractivity contribution in [2.45, 2.75) is 39.5 Å². The van der Waals surface area contributed by atoms with Gasteiger partial charge in [-0.05, 0) is 48.0 Å². The van der Waals surface area contributed by atoms with E-state index in [2.05, 4.69) is 26.8 Å². The molecule has 0 heterocycles. The predicted octanol–water partition coefficient (Wildman–Crippen LogP) is 4.19. The zero-order valence-corrected chi connectivity index (χ0v) is 12.3. The lowest BCUT2D eigenvalue weighted by Gasteiger charge is -2.40. The van der Waals surface area contributed by atoms with E-state index in [-0.39, 0.29) is 0 Å². The molecule has 2 aliphatic rings. The lowest BCUT2D eigenvalue weighted by Crippen LogP contribution is -2.32. The van der Waals surface area contributed by atoms with Crippen LogP contribution in [0, 0.1) is 23.2 Å². The molecule has 2 bridgehead atoms. The number of hydrogen-bond donors (Lipinski definition) is 1. The maximum atomic E-state index is 10.4. The Balaban J connectivity index is 1.95. The fourth-order valence-corrected chi connectivity index (χ4v) is 4.51. The highest BCUT2D eigenvalue weighted by Gasteiger charge is 2.55. The van der Waals surface area contributed by atoms with Crippen molar-refractivity contribution in [3.05, 3.63) is 23.8 Å². The molecule has 3 rings (SSSR count). The summed E-state index contributed by atoms with van der Waals surface area (Å²) in [5.74, 6) is 3.69. The van der Waals surface area contributed by atoms with Crippen molar-refractivity contribution in [3.8, 4) is 11.5 Å². The summed E-state index contributed by atoms with van der Waals surface area (Å²) in [4.78, 5) is 0. The Morgan fingerprint density at radius 2 is 2.00 bits per heavy atom. The van der Waals surface area contributed by atoms with Crippen LogP contribution >= 0.6 is 0 Å². The number of hydrogen-bond acceptors (Lipinski definition) is 2. The SMILES string of the molecule is COc1cccc(C2CC3CC2C(C)C3(C)C)c1O. The molecule has 0 radical (unpaired) electrons. The topological polar surface area (TPSA) is 29.5 Å². The van der Waals surface area contributed by atoms with Crippen LogP contribution < -0.4 is 4.74 Å². The minimum absolute atomic E-state index is 0.354. The molecule has 0 amide bonds. The smallest absolute Gasteiger partial charge is 0.161 e. The quantitative estimate of drug-likeness (QED) is 0.864. The number of benzene rings is 1. The first-order valence-corrected chi connectivity index (χ1v) is 7.32. The Hall–Kier alpha value is -1.18. The molecule has 4 atom stereocenters. The summed E-state index contributed by atoms with van der Waals surface area (Å²) in [6, 6.07) is 5.90. The van der Waals surface area contributed by atoms with E-state index in [4.69, 9.17) is 4.74 Å². The van der Waals surface area contributed by atoms with E-state index in [0.717, 1.165) is 17.4 Å². The number of rotatable bonds is 2. The van der Waals surface area contributed by atoms with E-state index in [0.29, 0.717) is 28.7 Å². The summed E-state index contributed by atoms with van der Waals surface area (Å²) in [5.41, 5.74) is 1.55. The molecule has 0 spiro atoms. The van der Waals surface area contributed by atoms with Crippen LogP contribution in [0.2, 0.25) is 0 Å². The minimum atomic E-state index is 0.354. The van der Waals surface area contributed by atoms with Crippen LogP contribution in [-0.2, 0) is 0 Å². The average molecular weight is 260 g/mol. The normalized spacial score (nSPS) is 35.6. The van der Waals surface area contributed by atoms with Gasteiger partial charge in [0.25, 0.3) is 0 Å². The van der Waals surface area contributed by atoms with Gasteiger partial charge in [-0.2, -0.15) is 0 Å². The molecule has 0 saturated heterocycles. The number of fused-ring (bicyclic) bond motifs is 2. The zero-order valence-electron chi connectivity index (χ0n) is 12.3. The third-order valence-electron chi connectivity index (χ3n) is 6.13. The van der Waals surface area contributed by atoms with E-state index in [1.165, 1.54) is 12.8 Å². The van der Waals surface area contributed by atoms with E-state index >= 15 is 0 Å². The van der Waals surface area contributed by atoms with Crippen LogP contribution in [-0.4, -0.2) is 12.2 Å². The summed E-state index contributed by atoms with van der Waals surface area (Å²) >= 11 is 0. The molecule has 2 aliphatic carbocycles. The molecule has 1 aromatic rings. The number of ether oxygens (including phenoxy) is 1. The Morgan fingerprint density at radius 3 is 2.58 bits per heavy atom. The van der Waals surface area contributed by atoms with Gasteiger partial charge in [0.15, 0.2) is 11.5 Å². The Kier molecular flexibility index (Phi) is 2.81. The van der Waals surface area contributed by atoms with Crippen molar-refractivity contribution in [1.29, 1.82) is 0 Å². The second-order valence-electron chi connectivity index (χ2n) is 6.95. The largest absolute Gasteiger partial charge is 0.504 e. The molecule has 104 valence electrons. The Morgan fingerprint density at radius 1 is 1.26 bits per heavy atom. The monoisotopic (exact) mass is 260 g/mol. The minimum Gasteiger partial charge on any atom is -0.504 e. The molecule has 2 saturated carbocycles. The lowest BCUT2D eigenvalue weighted by molar-refractivity contribution is 0.121. The first kappa shape index (κ1) is 12.8. The third-order valence-corrected chi connectivity index (χ3v) is 6.13.